The summed E-state index contributed by atoms with van der Waals surface area (Å²) in [6.45, 7) is 8.36. The van der Waals surface area contributed by atoms with E-state index in [9.17, 15) is 0 Å². The van der Waals surface area contributed by atoms with Crippen LogP contribution in [-0.2, 0) is 9.31 Å². The van der Waals surface area contributed by atoms with Gasteiger partial charge in [0, 0.05) is 55.7 Å². The summed E-state index contributed by atoms with van der Waals surface area (Å²) in [5, 5.41) is 5.65. The molecular weight excluding hydrogens is 1840 g/mol. The molecule has 1 aliphatic rings. The van der Waals surface area contributed by atoms with Gasteiger partial charge in [0.2, 0.25) is 10.6 Å². The van der Waals surface area contributed by atoms with E-state index in [0.29, 0.717) is 10.8 Å². The number of rotatable bonds is 18. The SMILES string of the molecule is CC1(C)OB(c2ccc(-c3cccc(-c4ccc5c6ccccc6n(-c6cccc(-c7ccccc7)c6)c5c4)c3)cc2)OC1(C)C.Clc1cc(-c2ccc(-c3cccc(-c4cccc(-c5ccccc5)c4)c3)cc2)nc(Cl)n1.Clc1nc(-c2ccc(-c3cccc(-c4cccc(-c5ccccc5)c4)c3)cc2)cc(-c2ccc(-c3cccc(-c4ccc5c6ccccc6n(-c6cccc(-c7ccccc7)c6)c5c4)c3)cc2)n1. The quantitative estimate of drug-likeness (QED) is 0.0484. The highest BCUT2D eigenvalue weighted by Gasteiger charge is 2.51. The van der Waals surface area contributed by atoms with Crippen LogP contribution in [0, 0.1) is 0 Å². The molecule has 0 N–H and O–H groups in total. The van der Waals surface area contributed by atoms with E-state index >= 15 is 0 Å². The number of halogens is 3. The summed E-state index contributed by atoms with van der Waals surface area (Å²) < 4.78 is 17.4. The zero-order valence-electron chi connectivity index (χ0n) is 80.7. The fourth-order valence-corrected chi connectivity index (χ4v) is 20.5. The Morgan fingerprint density at radius 3 is 0.712 bits per heavy atom. The lowest BCUT2D eigenvalue weighted by Crippen LogP contribution is -2.41. The van der Waals surface area contributed by atoms with Gasteiger partial charge in [-0.2, -0.15) is 0 Å². The maximum atomic E-state index is 6.62. The van der Waals surface area contributed by atoms with E-state index in [2.05, 4.69) is 536 Å². The molecule has 0 aliphatic carbocycles. The Morgan fingerprint density at radius 1 is 0.185 bits per heavy atom. The number of nitrogens with zero attached hydrogens (tertiary/aromatic N) is 6. The van der Waals surface area contributed by atoms with Crippen LogP contribution in [0.4, 0.5) is 0 Å². The summed E-state index contributed by atoms with van der Waals surface area (Å²) in [4.78, 5) is 17.5. The highest BCUT2D eigenvalue weighted by molar-refractivity contribution is 6.62. The second-order valence-electron chi connectivity index (χ2n) is 37.9. The predicted octanol–water partition coefficient (Wildman–Crippen LogP) is 36.1. The average molecular weight is 1940 g/mol. The normalized spacial score (nSPS) is 12.5. The third-order valence-corrected chi connectivity index (χ3v) is 28.7. The van der Waals surface area contributed by atoms with Crippen LogP contribution in [0.3, 0.4) is 0 Å². The molecule has 0 amide bonds. The molecule has 698 valence electrons. The molecule has 25 rings (SSSR count). The number of fused-ring (bicyclic) bond motifs is 6. The maximum absolute atomic E-state index is 6.62. The van der Waals surface area contributed by atoms with Crippen LogP contribution in [0.5, 0.6) is 0 Å². The lowest BCUT2D eigenvalue weighted by atomic mass is 9.78. The van der Waals surface area contributed by atoms with Crippen LogP contribution in [-0.4, -0.2) is 47.4 Å². The number of hydrogen-bond donors (Lipinski definition) is 0. The molecule has 0 saturated carbocycles. The highest BCUT2D eigenvalue weighted by atomic mass is 35.5. The van der Waals surface area contributed by atoms with Crippen molar-refractivity contribution in [2.24, 2.45) is 0 Å². The second-order valence-corrected chi connectivity index (χ2v) is 39.0. The van der Waals surface area contributed by atoms with Gasteiger partial charge in [-0.1, -0.05) is 424 Å². The molecule has 24 aromatic rings. The predicted molar refractivity (Wildman–Crippen MR) is 611 cm³/mol. The molecule has 0 unspecified atom stereocenters. The zero-order chi connectivity index (χ0) is 98.8. The highest BCUT2D eigenvalue weighted by Crippen LogP contribution is 2.44. The Bertz CT molecular complexity index is 8910. The zero-order valence-corrected chi connectivity index (χ0v) is 83.0. The largest absolute Gasteiger partial charge is 0.494 e. The Labute approximate surface area is 865 Å². The summed E-state index contributed by atoms with van der Waals surface area (Å²) >= 11 is 18.6. The van der Waals surface area contributed by atoms with Crippen molar-refractivity contribution in [1.82, 2.24) is 29.1 Å². The van der Waals surface area contributed by atoms with Gasteiger partial charge >= 0.3 is 7.12 Å². The fourth-order valence-electron chi connectivity index (χ4n) is 19.9. The van der Waals surface area contributed by atoms with Gasteiger partial charge in [-0.25, -0.2) is 19.9 Å². The van der Waals surface area contributed by atoms with Crippen LogP contribution in [0.25, 0.3) is 222 Å². The van der Waals surface area contributed by atoms with E-state index < -0.39 is 0 Å². The van der Waals surface area contributed by atoms with Gasteiger partial charge in [0.1, 0.15) is 5.15 Å². The van der Waals surface area contributed by atoms with Crippen molar-refractivity contribution in [3.8, 4) is 179 Å². The molecule has 5 heterocycles. The molecule has 0 atom stereocenters. The molecule has 1 aliphatic heterocycles. The van der Waals surface area contributed by atoms with Crippen molar-refractivity contribution in [3.05, 3.63) is 525 Å². The molecule has 146 heavy (non-hydrogen) atoms. The van der Waals surface area contributed by atoms with Gasteiger partial charge in [-0.05, 0) is 281 Å². The van der Waals surface area contributed by atoms with Crippen molar-refractivity contribution in [2.45, 2.75) is 38.9 Å². The summed E-state index contributed by atoms with van der Waals surface area (Å²) in [5.74, 6) is 0. The molecule has 20 aromatic carbocycles. The van der Waals surface area contributed by atoms with E-state index in [1.165, 1.54) is 127 Å². The Balaban J connectivity index is 0.000000130. The summed E-state index contributed by atoms with van der Waals surface area (Å²) in [6, 6.07) is 181. The molecule has 0 radical (unpaired) electrons. The molecule has 1 fully saturated rings. The van der Waals surface area contributed by atoms with E-state index in [0.717, 1.165) is 95.0 Å². The van der Waals surface area contributed by atoms with E-state index in [1.54, 1.807) is 6.07 Å². The van der Waals surface area contributed by atoms with Crippen LogP contribution >= 0.6 is 34.8 Å². The van der Waals surface area contributed by atoms with Crippen molar-refractivity contribution < 1.29 is 9.31 Å². The molecule has 0 spiro atoms. The minimum absolute atomic E-state index is 0.141. The first kappa shape index (κ1) is 92.7. The molecule has 0 bridgehead atoms. The van der Waals surface area contributed by atoms with E-state index in [4.69, 9.17) is 44.1 Å². The standard InChI is InChI=1S/C64H42ClN3.C42H36BNO2.C28H18Cl2N2/c65-64-66-60(47-31-27-45(28-32-47)50-18-10-21-53(38-50)52-20-9-17-49(37-52)43-13-3-1-4-14-43)42-61(67-64)48-33-29-46(30-34-48)51-19-11-22-54(39-51)56-35-36-59-58-25-7-8-26-62(58)68(63(59)41-56)57-24-12-23-55(40-57)44-15-5-2-6-16-44;1-41(2)42(3,4)46-43(45-41)35-23-20-30(21-24-35)31-14-10-15-32(26-31)34-22-25-38-37-18-8-9-19-39(37)44(40(38)28-34)36-17-11-16-33(27-36)29-12-6-5-7-13-29;29-27-18-26(31-28(30)32-27)21-14-12-20(13-15-21)23-9-5-11-25(17-23)24-10-4-8-22(16-24)19-6-2-1-3-7-19/h1-42H;5-28H,1-4H3;1-18H. The minimum atomic E-state index is -0.364. The van der Waals surface area contributed by atoms with Gasteiger partial charge in [0.15, 0.2) is 0 Å². The first-order valence-electron chi connectivity index (χ1n) is 49.2. The van der Waals surface area contributed by atoms with Gasteiger partial charge in [0.05, 0.1) is 50.4 Å². The summed E-state index contributed by atoms with van der Waals surface area (Å²) in [7, 11) is -0.364. The molecular formula is C134H96BCl3N6O2. The lowest BCUT2D eigenvalue weighted by Gasteiger charge is -2.32. The number of hydrogen-bond acceptors (Lipinski definition) is 6. The second kappa shape index (κ2) is 40.4. The summed E-state index contributed by atoms with van der Waals surface area (Å²) in [5.41, 5.74) is 40.7. The third kappa shape index (κ3) is 19.5. The van der Waals surface area contributed by atoms with E-state index in [-0.39, 0.29) is 28.9 Å². The molecule has 1 saturated heterocycles. The Hall–Kier alpha value is -17.0. The lowest BCUT2D eigenvalue weighted by molar-refractivity contribution is 0.00578. The van der Waals surface area contributed by atoms with Gasteiger partial charge < -0.3 is 18.4 Å². The third-order valence-electron chi connectivity index (χ3n) is 28.2. The number of aromatic nitrogens is 6. The average Bonchev–Trinajstić information content (AvgIpc) is 1.59. The maximum Gasteiger partial charge on any atom is 0.494 e. The monoisotopic (exact) mass is 1940 g/mol. The first-order chi connectivity index (χ1) is 71.5. The number of benzene rings is 20. The van der Waals surface area contributed by atoms with Crippen molar-refractivity contribution in [3.63, 3.8) is 0 Å². The van der Waals surface area contributed by atoms with E-state index in [1.807, 2.05) is 24.3 Å². The molecule has 8 nitrogen and oxygen atoms in total. The Morgan fingerprint density at radius 2 is 0.404 bits per heavy atom. The molecule has 12 heteroatoms. The smallest absolute Gasteiger partial charge is 0.399 e. The first-order valence-corrected chi connectivity index (χ1v) is 50.3. The Kier molecular flexibility index (Phi) is 25.7. The van der Waals surface area contributed by atoms with Crippen molar-refractivity contribution >= 4 is 91.0 Å². The van der Waals surface area contributed by atoms with Crippen LogP contribution in [0.2, 0.25) is 15.7 Å². The van der Waals surface area contributed by atoms with Gasteiger partial charge in [0.25, 0.3) is 0 Å². The van der Waals surface area contributed by atoms with Crippen LogP contribution < -0.4 is 5.46 Å². The van der Waals surface area contributed by atoms with Crippen LogP contribution in [0.1, 0.15) is 27.7 Å². The minimum Gasteiger partial charge on any atom is -0.399 e. The topological polar surface area (TPSA) is 79.9 Å². The summed E-state index contributed by atoms with van der Waals surface area (Å²) in [6.07, 6.45) is 0. The van der Waals surface area contributed by atoms with Gasteiger partial charge in [-0.15, -0.1) is 0 Å². The number of para-hydroxylation sites is 2. The fraction of sp³-hybridized carbons (Fsp3) is 0.0448. The van der Waals surface area contributed by atoms with Gasteiger partial charge in [-0.3, -0.25) is 0 Å². The van der Waals surface area contributed by atoms with Crippen molar-refractivity contribution in [2.75, 3.05) is 0 Å². The van der Waals surface area contributed by atoms with Crippen molar-refractivity contribution in [1.29, 1.82) is 0 Å². The molecule has 4 aromatic heterocycles. The van der Waals surface area contributed by atoms with Crippen LogP contribution in [0.15, 0.2) is 510 Å².